The van der Waals surface area contributed by atoms with Crippen molar-refractivity contribution in [3.05, 3.63) is 29.3 Å². The SMILES string of the molecule is COc1cccc2c1CCC[C@H]2OCCN1CCN(C2CCCCC2)CC1. The van der Waals surface area contributed by atoms with Gasteiger partial charge in [0, 0.05) is 38.8 Å². The molecule has 4 rings (SSSR count). The van der Waals surface area contributed by atoms with Crippen LogP contribution in [0, 0.1) is 0 Å². The number of piperazine rings is 1. The second kappa shape index (κ2) is 9.40. The Labute approximate surface area is 164 Å². The predicted octanol–water partition coefficient (Wildman–Crippen LogP) is 4.04. The summed E-state index contributed by atoms with van der Waals surface area (Å²) in [5, 5.41) is 0. The van der Waals surface area contributed by atoms with Crippen LogP contribution in [0.15, 0.2) is 18.2 Å². The predicted molar refractivity (Wildman–Crippen MR) is 110 cm³/mol. The Balaban J connectivity index is 1.22. The third kappa shape index (κ3) is 4.67. The molecule has 1 saturated heterocycles. The summed E-state index contributed by atoms with van der Waals surface area (Å²) in [4.78, 5) is 5.34. The molecule has 1 heterocycles. The average molecular weight is 373 g/mol. The lowest BCUT2D eigenvalue weighted by atomic mass is 9.88. The first-order valence-corrected chi connectivity index (χ1v) is 11.1. The molecule has 1 aliphatic heterocycles. The molecular weight excluding hydrogens is 336 g/mol. The molecule has 1 atom stereocenters. The molecule has 0 aromatic heterocycles. The molecule has 3 aliphatic rings. The van der Waals surface area contributed by atoms with Crippen molar-refractivity contribution >= 4 is 0 Å². The zero-order chi connectivity index (χ0) is 18.5. The van der Waals surface area contributed by atoms with Gasteiger partial charge in [0.2, 0.25) is 0 Å². The van der Waals surface area contributed by atoms with Crippen molar-refractivity contribution in [1.82, 2.24) is 9.80 Å². The molecule has 0 bridgehead atoms. The summed E-state index contributed by atoms with van der Waals surface area (Å²) in [6, 6.07) is 7.27. The molecule has 1 aromatic carbocycles. The number of hydrogen-bond donors (Lipinski definition) is 0. The number of nitrogens with zero attached hydrogens (tertiary/aromatic N) is 2. The zero-order valence-corrected chi connectivity index (χ0v) is 17.0. The summed E-state index contributed by atoms with van der Waals surface area (Å²) in [5.74, 6) is 1.03. The van der Waals surface area contributed by atoms with Gasteiger partial charge >= 0.3 is 0 Å². The van der Waals surface area contributed by atoms with Gasteiger partial charge in [-0.15, -0.1) is 0 Å². The van der Waals surface area contributed by atoms with Crippen LogP contribution >= 0.6 is 0 Å². The molecule has 0 spiro atoms. The Bertz CT molecular complexity index is 592. The highest BCUT2D eigenvalue weighted by Crippen LogP contribution is 2.37. The molecule has 2 fully saturated rings. The van der Waals surface area contributed by atoms with E-state index in [2.05, 4.69) is 28.0 Å². The maximum Gasteiger partial charge on any atom is 0.122 e. The fraction of sp³-hybridized carbons (Fsp3) is 0.739. The van der Waals surface area contributed by atoms with Crippen molar-refractivity contribution in [1.29, 1.82) is 0 Å². The van der Waals surface area contributed by atoms with Crippen LogP contribution < -0.4 is 4.74 Å². The van der Waals surface area contributed by atoms with Crippen molar-refractivity contribution in [3.8, 4) is 5.75 Å². The fourth-order valence-corrected chi connectivity index (χ4v) is 5.26. The van der Waals surface area contributed by atoms with Gasteiger partial charge in [0.05, 0.1) is 19.8 Å². The highest BCUT2D eigenvalue weighted by molar-refractivity contribution is 5.42. The lowest BCUT2D eigenvalue weighted by Crippen LogP contribution is -2.51. The number of rotatable bonds is 6. The Morgan fingerprint density at radius 3 is 2.56 bits per heavy atom. The molecule has 1 aromatic rings. The molecular formula is C23H36N2O2. The number of benzene rings is 1. The Hall–Kier alpha value is -1.10. The Morgan fingerprint density at radius 1 is 0.963 bits per heavy atom. The Kier molecular flexibility index (Phi) is 6.69. The van der Waals surface area contributed by atoms with Gasteiger partial charge in [0.15, 0.2) is 0 Å². The highest BCUT2D eigenvalue weighted by atomic mass is 16.5. The minimum Gasteiger partial charge on any atom is -0.496 e. The summed E-state index contributed by atoms with van der Waals surface area (Å²) in [5.41, 5.74) is 2.71. The highest BCUT2D eigenvalue weighted by Gasteiger charge is 2.26. The third-order valence-corrected chi connectivity index (χ3v) is 6.85. The summed E-state index contributed by atoms with van der Waals surface area (Å²) in [7, 11) is 1.77. The van der Waals surface area contributed by atoms with Crippen LogP contribution in [0.2, 0.25) is 0 Å². The van der Waals surface area contributed by atoms with E-state index in [-0.39, 0.29) is 6.10 Å². The number of fused-ring (bicyclic) bond motifs is 1. The first-order valence-electron chi connectivity index (χ1n) is 11.1. The summed E-state index contributed by atoms with van der Waals surface area (Å²) >= 11 is 0. The van der Waals surface area contributed by atoms with Gasteiger partial charge in [-0.1, -0.05) is 31.4 Å². The van der Waals surface area contributed by atoms with E-state index >= 15 is 0 Å². The van der Waals surface area contributed by atoms with Crippen molar-refractivity contribution in [2.45, 2.75) is 63.5 Å². The van der Waals surface area contributed by atoms with E-state index in [4.69, 9.17) is 9.47 Å². The number of methoxy groups -OCH3 is 1. The molecule has 0 unspecified atom stereocenters. The number of hydrogen-bond acceptors (Lipinski definition) is 4. The van der Waals surface area contributed by atoms with Gasteiger partial charge in [-0.3, -0.25) is 9.80 Å². The van der Waals surface area contributed by atoms with E-state index in [9.17, 15) is 0 Å². The molecule has 2 aliphatic carbocycles. The molecule has 1 saturated carbocycles. The van der Waals surface area contributed by atoms with Gasteiger partial charge in [-0.05, 0) is 49.3 Å². The molecule has 150 valence electrons. The van der Waals surface area contributed by atoms with Gasteiger partial charge in [-0.2, -0.15) is 0 Å². The van der Waals surface area contributed by atoms with Crippen LogP contribution in [0.1, 0.15) is 62.2 Å². The topological polar surface area (TPSA) is 24.9 Å². The fourth-order valence-electron chi connectivity index (χ4n) is 5.26. The smallest absolute Gasteiger partial charge is 0.122 e. The van der Waals surface area contributed by atoms with E-state index in [1.807, 2.05) is 0 Å². The van der Waals surface area contributed by atoms with E-state index in [1.165, 1.54) is 75.8 Å². The molecule has 0 amide bonds. The third-order valence-electron chi connectivity index (χ3n) is 6.85. The Morgan fingerprint density at radius 2 is 1.78 bits per heavy atom. The quantitative estimate of drug-likeness (QED) is 0.752. The standard InChI is InChI=1S/C23H36N2O2/c1-26-22-11-5-10-21-20(22)9-6-12-23(21)27-18-17-24-13-15-25(16-14-24)19-7-3-2-4-8-19/h5,10-11,19,23H,2-4,6-9,12-18H2,1H3/t23-/m1/s1. The minimum atomic E-state index is 0.243. The van der Waals surface area contributed by atoms with E-state index in [0.29, 0.717) is 0 Å². The van der Waals surface area contributed by atoms with Crippen LogP contribution in [0.3, 0.4) is 0 Å². The maximum atomic E-state index is 6.34. The normalized spacial score (nSPS) is 25.3. The van der Waals surface area contributed by atoms with Crippen LogP contribution in [-0.4, -0.2) is 62.3 Å². The van der Waals surface area contributed by atoms with Crippen LogP contribution in [-0.2, 0) is 11.2 Å². The zero-order valence-electron chi connectivity index (χ0n) is 17.0. The molecule has 4 heteroatoms. The van der Waals surface area contributed by atoms with Gasteiger partial charge in [-0.25, -0.2) is 0 Å². The first-order chi connectivity index (χ1) is 13.3. The largest absolute Gasteiger partial charge is 0.496 e. The lowest BCUT2D eigenvalue weighted by molar-refractivity contribution is 0.0119. The van der Waals surface area contributed by atoms with Crippen molar-refractivity contribution in [3.63, 3.8) is 0 Å². The number of ether oxygens (including phenoxy) is 2. The van der Waals surface area contributed by atoms with Crippen molar-refractivity contribution < 1.29 is 9.47 Å². The first kappa shape index (κ1) is 19.2. The van der Waals surface area contributed by atoms with E-state index in [0.717, 1.165) is 37.8 Å². The molecule has 4 nitrogen and oxygen atoms in total. The van der Waals surface area contributed by atoms with Crippen LogP contribution in [0.4, 0.5) is 0 Å². The van der Waals surface area contributed by atoms with Crippen molar-refractivity contribution in [2.24, 2.45) is 0 Å². The minimum absolute atomic E-state index is 0.243. The van der Waals surface area contributed by atoms with Gasteiger partial charge in [0.1, 0.15) is 5.75 Å². The lowest BCUT2D eigenvalue weighted by Gasteiger charge is -2.40. The second-order valence-electron chi connectivity index (χ2n) is 8.45. The van der Waals surface area contributed by atoms with Gasteiger partial charge in [0.25, 0.3) is 0 Å². The summed E-state index contributed by atoms with van der Waals surface area (Å²) < 4.78 is 11.9. The van der Waals surface area contributed by atoms with Crippen LogP contribution in [0.25, 0.3) is 0 Å². The molecule has 27 heavy (non-hydrogen) atoms. The van der Waals surface area contributed by atoms with E-state index < -0.39 is 0 Å². The maximum absolute atomic E-state index is 6.34. The second-order valence-corrected chi connectivity index (χ2v) is 8.45. The van der Waals surface area contributed by atoms with Gasteiger partial charge < -0.3 is 9.47 Å². The van der Waals surface area contributed by atoms with Crippen LogP contribution in [0.5, 0.6) is 5.75 Å². The van der Waals surface area contributed by atoms with E-state index in [1.54, 1.807) is 7.11 Å². The monoisotopic (exact) mass is 372 g/mol. The molecule has 0 radical (unpaired) electrons. The average Bonchev–Trinajstić information content (AvgIpc) is 2.74. The summed E-state index contributed by atoms with van der Waals surface area (Å²) in [6.45, 7) is 6.80. The summed E-state index contributed by atoms with van der Waals surface area (Å²) in [6.07, 6.45) is 10.9. The van der Waals surface area contributed by atoms with Crippen molar-refractivity contribution in [2.75, 3.05) is 46.4 Å². The molecule has 0 N–H and O–H groups in total.